The number of rotatable bonds is 3. The zero-order valence-corrected chi connectivity index (χ0v) is 10.4. The Morgan fingerprint density at radius 1 is 1.57 bits per heavy atom. The highest BCUT2D eigenvalue weighted by atomic mass is 79.9. The van der Waals surface area contributed by atoms with Crippen molar-refractivity contribution >= 4 is 21.7 Å². The molecule has 1 aromatic heterocycles. The van der Waals surface area contributed by atoms with Gasteiger partial charge in [-0.25, -0.2) is 4.98 Å². The molecule has 76 valence electrons. The monoisotopic (exact) mass is 254 g/mol. The molecule has 1 aromatic rings. The first kappa shape index (κ1) is 11.2. The minimum absolute atomic E-state index is 0.841. The SMILES string of the molecule is C=C(C)CN(C)c1ccc(Br)c(C)n1. The number of halogens is 1. The van der Waals surface area contributed by atoms with Gasteiger partial charge in [-0.2, -0.15) is 0 Å². The summed E-state index contributed by atoms with van der Waals surface area (Å²) in [6.45, 7) is 8.73. The molecule has 0 aliphatic carbocycles. The van der Waals surface area contributed by atoms with E-state index in [1.807, 2.05) is 33.0 Å². The second-order valence-corrected chi connectivity index (χ2v) is 4.40. The van der Waals surface area contributed by atoms with E-state index in [4.69, 9.17) is 0 Å². The predicted octanol–water partition coefficient (Wildman–Crippen LogP) is 3.16. The molecule has 0 aliphatic rings. The lowest BCUT2D eigenvalue weighted by atomic mass is 10.3. The molecule has 0 spiro atoms. The summed E-state index contributed by atoms with van der Waals surface area (Å²) >= 11 is 3.43. The lowest BCUT2D eigenvalue weighted by Gasteiger charge is -2.18. The smallest absolute Gasteiger partial charge is 0.128 e. The summed E-state index contributed by atoms with van der Waals surface area (Å²) in [5.41, 5.74) is 2.14. The molecule has 0 saturated carbocycles. The molecular weight excluding hydrogens is 240 g/mol. The van der Waals surface area contributed by atoms with E-state index in [0.29, 0.717) is 0 Å². The van der Waals surface area contributed by atoms with E-state index in [2.05, 4.69) is 32.4 Å². The third-order valence-corrected chi connectivity index (χ3v) is 2.74. The maximum Gasteiger partial charge on any atom is 0.128 e. The maximum atomic E-state index is 4.46. The highest BCUT2D eigenvalue weighted by Gasteiger charge is 2.03. The Morgan fingerprint density at radius 2 is 2.21 bits per heavy atom. The number of anilines is 1. The fraction of sp³-hybridized carbons (Fsp3) is 0.364. The average molecular weight is 255 g/mol. The van der Waals surface area contributed by atoms with Gasteiger partial charge in [0.2, 0.25) is 0 Å². The van der Waals surface area contributed by atoms with Crippen LogP contribution in [0.25, 0.3) is 0 Å². The Kier molecular flexibility index (Phi) is 3.69. The molecule has 0 atom stereocenters. The highest BCUT2D eigenvalue weighted by molar-refractivity contribution is 9.10. The van der Waals surface area contributed by atoms with Crippen LogP contribution < -0.4 is 4.90 Å². The van der Waals surface area contributed by atoms with Crippen molar-refractivity contribution < 1.29 is 0 Å². The molecule has 2 nitrogen and oxygen atoms in total. The first-order valence-electron chi connectivity index (χ1n) is 4.49. The van der Waals surface area contributed by atoms with Crippen molar-refractivity contribution in [3.8, 4) is 0 Å². The minimum atomic E-state index is 0.841. The van der Waals surface area contributed by atoms with Gasteiger partial charge in [0.25, 0.3) is 0 Å². The molecular formula is C11H15BrN2. The van der Waals surface area contributed by atoms with Crippen molar-refractivity contribution in [2.75, 3.05) is 18.5 Å². The summed E-state index contributed by atoms with van der Waals surface area (Å²) in [5.74, 6) is 0.980. The summed E-state index contributed by atoms with van der Waals surface area (Å²) in [5, 5.41) is 0. The van der Waals surface area contributed by atoms with Crippen LogP contribution in [0.4, 0.5) is 5.82 Å². The maximum absolute atomic E-state index is 4.46. The van der Waals surface area contributed by atoms with Crippen molar-refractivity contribution in [2.24, 2.45) is 0 Å². The van der Waals surface area contributed by atoms with Crippen LogP contribution in [0, 0.1) is 6.92 Å². The molecule has 0 unspecified atom stereocenters. The van der Waals surface area contributed by atoms with E-state index in [1.165, 1.54) is 0 Å². The van der Waals surface area contributed by atoms with E-state index in [0.717, 1.165) is 28.1 Å². The quantitative estimate of drug-likeness (QED) is 0.771. The minimum Gasteiger partial charge on any atom is -0.356 e. The standard InChI is InChI=1S/C11H15BrN2/c1-8(2)7-14(4)11-6-5-10(12)9(3)13-11/h5-6H,1,7H2,2-4H3. The second kappa shape index (κ2) is 4.60. The van der Waals surface area contributed by atoms with Crippen LogP contribution in [0.5, 0.6) is 0 Å². The summed E-state index contributed by atoms with van der Waals surface area (Å²) in [7, 11) is 2.02. The molecule has 0 saturated heterocycles. The fourth-order valence-corrected chi connectivity index (χ4v) is 1.45. The average Bonchev–Trinajstić information content (AvgIpc) is 2.08. The number of hydrogen-bond donors (Lipinski definition) is 0. The zero-order chi connectivity index (χ0) is 10.7. The molecule has 3 heteroatoms. The van der Waals surface area contributed by atoms with Crippen LogP contribution in [0.2, 0.25) is 0 Å². The van der Waals surface area contributed by atoms with E-state index in [1.54, 1.807) is 0 Å². The normalized spacial score (nSPS) is 10.0. The lowest BCUT2D eigenvalue weighted by molar-refractivity contribution is 0.944. The number of pyridine rings is 1. The molecule has 0 N–H and O–H groups in total. The molecule has 0 amide bonds. The zero-order valence-electron chi connectivity index (χ0n) is 8.84. The Bertz CT molecular complexity index is 347. The molecule has 0 fully saturated rings. The Hall–Kier alpha value is -0.830. The third kappa shape index (κ3) is 2.84. The van der Waals surface area contributed by atoms with E-state index < -0.39 is 0 Å². The fourth-order valence-electron chi connectivity index (χ4n) is 1.23. The molecule has 0 aromatic carbocycles. The second-order valence-electron chi connectivity index (χ2n) is 3.55. The van der Waals surface area contributed by atoms with Crippen LogP contribution in [-0.2, 0) is 0 Å². The molecule has 1 rings (SSSR count). The largest absolute Gasteiger partial charge is 0.356 e. The van der Waals surface area contributed by atoms with Gasteiger partial charge < -0.3 is 4.90 Å². The predicted molar refractivity (Wildman–Crippen MR) is 64.8 cm³/mol. The first-order valence-corrected chi connectivity index (χ1v) is 5.28. The van der Waals surface area contributed by atoms with E-state index >= 15 is 0 Å². The number of aromatic nitrogens is 1. The van der Waals surface area contributed by atoms with E-state index in [-0.39, 0.29) is 0 Å². The van der Waals surface area contributed by atoms with Gasteiger partial charge in [-0.1, -0.05) is 12.2 Å². The Labute approximate surface area is 93.8 Å². The first-order chi connectivity index (χ1) is 6.50. The van der Waals surface area contributed by atoms with Crippen molar-refractivity contribution in [1.29, 1.82) is 0 Å². The van der Waals surface area contributed by atoms with Gasteiger partial charge in [0.15, 0.2) is 0 Å². The lowest BCUT2D eigenvalue weighted by Crippen LogP contribution is -2.20. The van der Waals surface area contributed by atoms with Gasteiger partial charge >= 0.3 is 0 Å². The summed E-state index contributed by atoms with van der Waals surface area (Å²) < 4.78 is 1.05. The van der Waals surface area contributed by atoms with Gasteiger partial charge in [0, 0.05) is 18.1 Å². The van der Waals surface area contributed by atoms with Crippen molar-refractivity contribution in [2.45, 2.75) is 13.8 Å². The molecule has 0 radical (unpaired) electrons. The summed E-state index contributed by atoms with van der Waals surface area (Å²) in [6, 6.07) is 4.02. The van der Waals surface area contributed by atoms with Crippen LogP contribution >= 0.6 is 15.9 Å². The van der Waals surface area contributed by atoms with Gasteiger partial charge in [0.05, 0.1) is 5.69 Å². The van der Waals surface area contributed by atoms with Gasteiger partial charge in [0.1, 0.15) is 5.82 Å². The highest BCUT2D eigenvalue weighted by Crippen LogP contribution is 2.18. The van der Waals surface area contributed by atoms with Gasteiger partial charge in [-0.15, -0.1) is 0 Å². The van der Waals surface area contributed by atoms with Crippen LogP contribution in [0.1, 0.15) is 12.6 Å². The van der Waals surface area contributed by atoms with Gasteiger partial charge in [-0.3, -0.25) is 0 Å². The molecule has 1 heterocycles. The molecule has 0 aliphatic heterocycles. The van der Waals surface area contributed by atoms with Gasteiger partial charge in [-0.05, 0) is 41.9 Å². The topological polar surface area (TPSA) is 16.1 Å². The Balaban J connectivity index is 2.85. The summed E-state index contributed by atoms with van der Waals surface area (Å²) in [4.78, 5) is 6.55. The van der Waals surface area contributed by atoms with Crippen LogP contribution in [0.15, 0.2) is 28.8 Å². The van der Waals surface area contributed by atoms with Crippen LogP contribution in [0.3, 0.4) is 0 Å². The summed E-state index contributed by atoms with van der Waals surface area (Å²) in [6.07, 6.45) is 0. The molecule has 0 bridgehead atoms. The number of likely N-dealkylation sites (N-methyl/N-ethyl adjacent to an activating group) is 1. The number of aryl methyl sites for hydroxylation is 1. The van der Waals surface area contributed by atoms with Crippen LogP contribution in [-0.4, -0.2) is 18.6 Å². The van der Waals surface area contributed by atoms with Crippen molar-refractivity contribution in [1.82, 2.24) is 4.98 Å². The number of nitrogens with zero attached hydrogens (tertiary/aromatic N) is 2. The van der Waals surface area contributed by atoms with Crippen molar-refractivity contribution in [3.63, 3.8) is 0 Å². The third-order valence-electron chi connectivity index (χ3n) is 1.90. The van der Waals surface area contributed by atoms with Crippen molar-refractivity contribution in [3.05, 3.63) is 34.5 Å². The molecule has 14 heavy (non-hydrogen) atoms. The van der Waals surface area contributed by atoms with E-state index in [9.17, 15) is 0 Å². The Morgan fingerprint density at radius 3 is 2.71 bits per heavy atom. The number of hydrogen-bond acceptors (Lipinski definition) is 2.